The van der Waals surface area contributed by atoms with Crippen LogP contribution in [0.5, 0.6) is 51.7 Å². The smallest absolute Gasteiger partial charge is 0.330 e. The quantitative estimate of drug-likeness (QED) is 0.0516. The van der Waals surface area contributed by atoms with E-state index >= 15 is 14.4 Å². The lowest BCUT2D eigenvalue weighted by Gasteiger charge is -2.48. The van der Waals surface area contributed by atoms with Crippen LogP contribution in [0, 0.1) is 5.92 Å². The van der Waals surface area contributed by atoms with Crippen LogP contribution in [-0.4, -0.2) is 191 Å². The number of ether oxygens (including phenoxy) is 7. The molecule has 20 N–H and O–H groups in total. The highest BCUT2D eigenvalue weighted by atomic mass is 35.5. The van der Waals surface area contributed by atoms with Gasteiger partial charge in [-0.05, 0) is 133 Å². The van der Waals surface area contributed by atoms with E-state index in [0.29, 0.717) is 15.8 Å². The van der Waals surface area contributed by atoms with Gasteiger partial charge in [-0.15, -0.1) is 0 Å². The van der Waals surface area contributed by atoms with Gasteiger partial charge >= 0.3 is 5.97 Å². The molecule has 7 aliphatic rings. The molecular weight excluding hydrogens is 1630 g/mol. The van der Waals surface area contributed by atoms with Crippen molar-refractivity contribution in [1.82, 2.24) is 42.5 Å². The fourth-order valence-corrected chi connectivity index (χ4v) is 15.2. The number of likely N-dealkylation sites (N-methyl/N-ethyl adjacent to an activating group) is 1. The monoisotopic (exact) mass is 1710 g/mol. The Morgan fingerprint density at radius 3 is 1.90 bits per heavy atom. The molecule has 0 spiro atoms. The number of phenolic OH excluding ortho intramolecular Hbond substituents is 3. The fraction of sp³-hybridized carbons (Fsp3) is 0.375. The van der Waals surface area contributed by atoms with Crippen LogP contribution in [0.3, 0.4) is 0 Å². The second-order valence-electron chi connectivity index (χ2n) is 29.7. The lowest BCUT2D eigenvalue weighted by atomic mass is 9.84. The minimum Gasteiger partial charge on any atom is -0.508 e. The minimum atomic E-state index is -2.37. The number of rotatable bonds is 19. The number of aliphatic hydroxyl groups is 6. The van der Waals surface area contributed by atoms with E-state index in [0.717, 1.165) is 77.9 Å². The number of aliphatic carboxylic acids is 1. The highest BCUT2D eigenvalue weighted by Gasteiger charge is 2.52. The summed E-state index contributed by atoms with van der Waals surface area (Å²) < 4.78 is 45.4. The summed E-state index contributed by atoms with van der Waals surface area (Å²) in [6.07, 6.45) is -18.8. The van der Waals surface area contributed by atoms with Crippen molar-refractivity contribution in [3.05, 3.63) is 180 Å². The molecule has 7 aromatic carbocycles. The van der Waals surface area contributed by atoms with E-state index in [4.69, 9.17) is 85.3 Å². The Bertz CT molecular complexity index is 5010. The number of primary amides is 1. The molecule has 14 rings (SSSR count). The van der Waals surface area contributed by atoms with Crippen molar-refractivity contribution in [3.8, 4) is 62.9 Å². The van der Waals surface area contributed by atoms with Crippen LogP contribution in [0.15, 0.2) is 121 Å². The number of carboxylic acid groups (broad SMARTS) is 1. The first kappa shape index (κ1) is 86.9. The normalized spacial score (nSPS) is 26.8. The lowest BCUT2D eigenvalue weighted by Crippen LogP contribution is -2.65. The van der Waals surface area contributed by atoms with Gasteiger partial charge in [0, 0.05) is 47.3 Å². The first-order valence-corrected chi connectivity index (χ1v) is 38.6. The number of nitrogens with one attached hydrogen (secondary N) is 8. The summed E-state index contributed by atoms with van der Waals surface area (Å²) in [5.41, 5.74) is 3.20. The molecule has 38 heteroatoms. The molecule has 2 fully saturated rings. The number of halogens is 4. The van der Waals surface area contributed by atoms with Crippen LogP contribution in [-0.2, 0) is 65.7 Å². The van der Waals surface area contributed by atoms with Gasteiger partial charge in [0.25, 0.3) is 0 Å². The Hall–Kier alpha value is -10.4. The van der Waals surface area contributed by atoms with Gasteiger partial charge < -0.3 is 132 Å². The number of aliphatic hydroxyl groups excluding tert-OH is 6. The molecule has 0 aliphatic carbocycles. The van der Waals surface area contributed by atoms with Gasteiger partial charge in [-0.2, -0.15) is 0 Å². The molecule has 7 aromatic rings. The second kappa shape index (κ2) is 36.5. The molecule has 0 radical (unpaired) electrons. The van der Waals surface area contributed by atoms with Gasteiger partial charge in [-0.1, -0.05) is 103 Å². The second-order valence-corrected chi connectivity index (χ2v) is 31.3. The average Bonchev–Trinajstić information content (AvgIpc) is 0.767. The molecule has 34 nitrogen and oxygen atoms in total. The molecule has 11 bridgehead atoms. The topological polar surface area (TPSA) is 526 Å². The number of hydrogen-bond acceptors (Lipinski definition) is 26. The van der Waals surface area contributed by atoms with E-state index in [9.17, 15) is 75.0 Å². The Balaban J connectivity index is 1.02. The standard InChI is InChI=1S/C80H85Cl4N9O25/c1-32(2)18-48(86-5)72(104)92-63-65(99)37-11-16-52(46(83)20-37)114-54-22-39-23-55(69(54)118-79-70(68(102)67(101)56(30-94)116-79)117-58-28-80(4,71(103)33(3)113-58)87-29-34-6-8-35(9-7-34)31-112-41-13-14-44(81)45(82)26-41)115-53-17-12-38(21-47(53)84)66(100)64-77(109)91-62(78(110)111)43-24-40(95)25-51(97)59(43)42-19-36(10-15-50(42)96)60(74(106)93-64)90-75(107)61(39)89-73(105)49(27-57(85)98)88-76(63)108/h6-17,19-26,32-33,48-49,56,58,60-68,70-71,79,86-87,94-97,99-103H,18,27-31H2,1-5H3,(H2,85,98)(H,88,108)(H,89,105)(H,90,107)(H,91,109)(H,92,104)(H,93,106)(H,110,111)/t33-,48+,49-,56+,58?,60+,61+,62-,63+,64-,65+,66+,67+,68-,70+,71+,79-,80-/m0/s1. The summed E-state index contributed by atoms with van der Waals surface area (Å²) in [5, 5.41) is 137. The molecule has 0 saturated carbocycles. The maximum atomic E-state index is 16.2. The number of carboxylic acids is 1. The summed E-state index contributed by atoms with van der Waals surface area (Å²) >= 11 is 26.6. The maximum Gasteiger partial charge on any atom is 0.330 e. The zero-order valence-electron chi connectivity index (χ0n) is 63.4. The average molecular weight is 1710 g/mol. The van der Waals surface area contributed by atoms with Crippen molar-refractivity contribution in [1.29, 1.82) is 0 Å². The molecule has 628 valence electrons. The Kier molecular flexibility index (Phi) is 26.9. The summed E-state index contributed by atoms with van der Waals surface area (Å²) in [6.45, 7) is 6.25. The molecule has 7 aliphatic heterocycles. The molecule has 118 heavy (non-hydrogen) atoms. The summed E-state index contributed by atoms with van der Waals surface area (Å²) in [6, 6.07) is 11.5. The van der Waals surface area contributed by atoms with E-state index in [1.165, 1.54) is 19.2 Å². The number of aromatic hydroxyl groups is 3. The summed E-state index contributed by atoms with van der Waals surface area (Å²) in [5.74, 6) is -15.6. The van der Waals surface area contributed by atoms with E-state index in [1.54, 1.807) is 32.0 Å². The third kappa shape index (κ3) is 19.2. The van der Waals surface area contributed by atoms with E-state index in [1.807, 2.05) is 38.1 Å². The van der Waals surface area contributed by atoms with Crippen molar-refractivity contribution in [3.63, 3.8) is 0 Å². The number of phenols is 3. The highest BCUT2D eigenvalue weighted by molar-refractivity contribution is 6.42. The van der Waals surface area contributed by atoms with E-state index in [-0.39, 0.29) is 59.4 Å². The van der Waals surface area contributed by atoms with Crippen LogP contribution in [0.4, 0.5) is 0 Å². The Morgan fingerprint density at radius 2 is 1.28 bits per heavy atom. The van der Waals surface area contributed by atoms with Crippen LogP contribution >= 0.6 is 46.4 Å². The maximum absolute atomic E-state index is 16.2. The fourth-order valence-electron chi connectivity index (χ4n) is 14.4. The van der Waals surface area contributed by atoms with E-state index < -0.39 is 237 Å². The first-order chi connectivity index (χ1) is 56.0. The Morgan fingerprint density at radius 1 is 0.653 bits per heavy atom. The van der Waals surface area contributed by atoms with Crippen LogP contribution in [0.1, 0.15) is 116 Å². The molecule has 0 aromatic heterocycles. The number of carbonyl (C=O) groups is 8. The lowest BCUT2D eigenvalue weighted by molar-refractivity contribution is -0.334. The van der Waals surface area contributed by atoms with Gasteiger partial charge in [0.05, 0.1) is 51.4 Å². The van der Waals surface area contributed by atoms with Crippen molar-refractivity contribution in [2.75, 3.05) is 13.7 Å². The van der Waals surface area contributed by atoms with E-state index in [2.05, 4.69) is 42.5 Å². The van der Waals surface area contributed by atoms with Crippen molar-refractivity contribution < 1.29 is 123 Å². The number of hydrogen-bond donors (Lipinski definition) is 19. The van der Waals surface area contributed by atoms with Gasteiger partial charge in [0.15, 0.2) is 29.9 Å². The molecule has 7 amide bonds. The number of fused-ring (bicyclic) bond motifs is 15. The first-order valence-electron chi connectivity index (χ1n) is 37.1. The zero-order chi connectivity index (χ0) is 85.2. The van der Waals surface area contributed by atoms with Gasteiger partial charge in [-0.3, -0.25) is 33.6 Å². The molecular formula is C80H85Cl4N9O25. The largest absolute Gasteiger partial charge is 0.508 e. The van der Waals surface area contributed by atoms with Crippen LogP contribution in [0.25, 0.3) is 11.1 Å². The summed E-state index contributed by atoms with van der Waals surface area (Å²) in [7, 11) is 1.47. The predicted octanol–water partition coefficient (Wildman–Crippen LogP) is 4.82. The van der Waals surface area contributed by atoms with Crippen molar-refractivity contribution in [2.45, 2.75) is 169 Å². The zero-order valence-corrected chi connectivity index (χ0v) is 66.4. The Labute approximate surface area is 693 Å². The number of benzene rings is 7. The van der Waals surface area contributed by atoms with Gasteiger partial charge in [0.2, 0.25) is 53.4 Å². The summed E-state index contributed by atoms with van der Waals surface area (Å²) in [4.78, 5) is 118. The molecule has 7 heterocycles. The third-order valence-electron chi connectivity index (χ3n) is 20.7. The number of amides is 7. The molecule has 2 saturated heterocycles. The third-order valence-corrected chi connectivity index (χ3v) is 22.1. The highest BCUT2D eigenvalue weighted by Crippen LogP contribution is 2.50. The van der Waals surface area contributed by atoms with Crippen LogP contribution < -0.4 is 67.2 Å². The molecule has 18 atom stereocenters. The van der Waals surface area contributed by atoms with Gasteiger partial charge in [0.1, 0.15) is 102 Å². The van der Waals surface area contributed by atoms with Crippen molar-refractivity contribution >= 4 is 93.7 Å². The van der Waals surface area contributed by atoms with Gasteiger partial charge in [-0.25, -0.2) is 4.79 Å². The predicted molar refractivity (Wildman–Crippen MR) is 419 cm³/mol. The minimum absolute atomic E-state index is 0.111. The van der Waals surface area contributed by atoms with Crippen LogP contribution in [0.2, 0.25) is 20.1 Å². The SMILES string of the molecule is CN[C@H](CC(C)C)C(=O)N[C@H]1C(=O)N[C@@H](CC(N)=O)C(=O)N[C@H]2C(=O)N[C@H]3C(=O)N[C@H](C(=O)N[C@H](C(=O)O)c4cc(O)cc(O)c4-c4cc3ccc4O)[C@H](O)c3ccc(c(Cl)c3)Oc3cc2cc(c3O[C@@H]2O[C@H](CO)[C@@H](O)[C@H](O)[C@H]2OC2C[C@](C)(NCc3ccc(COc4ccc(Cl)c(Cl)c4)cc3)[C@H](O)[C@H](C)O2)Oc2ccc(cc2Cl)[C@H]1O. The van der Waals surface area contributed by atoms with Crippen molar-refractivity contribution in [2.24, 2.45) is 11.7 Å². The molecule has 1 unspecified atom stereocenters. The number of carbonyl (C=O) groups excluding carboxylic acids is 7. The number of nitrogens with two attached hydrogens (primary N) is 1.